The number of rotatable bonds is 10. The number of phenolic OH excluding ortho intramolecular Hbond substituents is 1. The monoisotopic (exact) mass is 864 g/mol. The predicted molar refractivity (Wildman–Crippen MR) is 238 cm³/mol. The summed E-state index contributed by atoms with van der Waals surface area (Å²) < 4.78 is 44.6. The van der Waals surface area contributed by atoms with Crippen LogP contribution >= 0.6 is 11.8 Å². The summed E-state index contributed by atoms with van der Waals surface area (Å²) in [4.78, 5) is 35.9. The van der Waals surface area contributed by atoms with E-state index < -0.39 is 18.0 Å². The Hall–Kier alpha value is -7.06. The summed E-state index contributed by atoms with van der Waals surface area (Å²) in [7, 11) is 0. The summed E-state index contributed by atoms with van der Waals surface area (Å²) in [5, 5.41) is 20.9. The van der Waals surface area contributed by atoms with Crippen molar-refractivity contribution >= 4 is 56.5 Å². The summed E-state index contributed by atoms with van der Waals surface area (Å²) in [6, 6.07) is 43.2. The number of halogens is 3. The average Bonchev–Trinajstić information content (AvgIpc) is 3.93. The van der Waals surface area contributed by atoms with Gasteiger partial charge in [0.15, 0.2) is 5.16 Å². The van der Waals surface area contributed by atoms with E-state index >= 15 is 0 Å². The number of hydrogen-bond donors (Lipinski definition) is 2. The molecule has 2 N–H and O–H groups in total. The molecule has 2 aromatic heterocycles. The Morgan fingerprint density at radius 3 is 2.38 bits per heavy atom. The number of anilines is 1. The topological polar surface area (TPSA) is 112 Å². The van der Waals surface area contributed by atoms with E-state index in [9.17, 15) is 27.9 Å². The molecule has 2 saturated heterocycles. The molecule has 6 aromatic carbocycles. The molecule has 1 spiro atoms. The molecule has 0 atom stereocenters. The first-order chi connectivity index (χ1) is 30.5. The molecule has 63 heavy (non-hydrogen) atoms. The third-order valence-electron chi connectivity index (χ3n) is 11.9. The fourth-order valence-corrected chi connectivity index (χ4v) is 9.77. The van der Waals surface area contributed by atoms with E-state index in [4.69, 9.17) is 10.1 Å². The lowest BCUT2D eigenvalue weighted by Crippen LogP contribution is -2.58. The number of carbonyl (C=O) groups excluding carboxylic acids is 2. The summed E-state index contributed by atoms with van der Waals surface area (Å²) in [6.45, 7) is 2.99. The summed E-state index contributed by atoms with van der Waals surface area (Å²) in [5.41, 5.74) is 7.25. The molecule has 10 rings (SSSR count). The molecule has 2 aliphatic heterocycles. The van der Waals surface area contributed by atoms with Crippen molar-refractivity contribution in [1.29, 1.82) is 0 Å². The second-order valence-corrected chi connectivity index (χ2v) is 17.0. The number of benzene rings is 6. The average molecular weight is 865 g/mol. The van der Waals surface area contributed by atoms with E-state index in [1.165, 1.54) is 30.0 Å². The maximum atomic E-state index is 13.7. The molecule has 0 saturated carbocycles. The molecule has 4 heterocycles. The van der Waals surface area contributed by atoms with Crippen LogP contribution in [0.5, 0.6) is 11.5 Å². The Morgan fingerprint density at radius 2 is 1.57 bits per heavy atom. The standard InChI is InChI=1S/C49H39F3N6O4S/c50-49(51,52)62-43-13-7-5-11-40(43)46(61)53-26-34-25-42-39-10-4-6-12-41(39)54-47(58(42)55-34)63-27-44(60)56-23-22-48(28-56)29-57(30-48)35-17-14-32(15-18-35)45-37(31-8-2-1-3-9-31)20-16-33-24-36(59)19-21-38(33)45/h1-21,24-25,59H,22-23,26-30H2,(H,53,61). The second-order valence-electron chi connectivity index (χ2n) is 16.1. The molecule has 2 amide bonds. The van der Waals surface area contributed by atoms with E-state index in [-0.39, 0.29) is 34.9 Å². The third kappa shape index (κ3) is 7.98. The highest BCUT2D eigenvalue weighted by Crippen LogP contribution is 2.44. The molecule has 0 unspecified atom stereocenters. The molecule has 8 aromatic rings. The van der Waals surface area contributed by atoms with E-state index in [1.54, 1.807) is 22.7 Å². The lowest BCUT2D eigenvalue weighted by Gasteiger charge is -2.49. The van der Waals surface area contributed by atoms with Crippen LogP contribution in [0.3, 0.4) is 0 Å². The van der Waals surface area contributed by atoms with Crippen LogP contribution < -0.4 is 15.0 Å². The lowest BCUT2D eigenvalue weighted by molar-refractivity contribution is -0.274. The summed E-state index contributed by atoms with van der Waals surface area (Å²) in [5.74, 6) is -0.941. The van der Waals surface area contributed by atoms with Gasteiger partial charge in [0.05, 0.1) is 34.6 Å². The molecule has 2 fully saturated rings. The Balaban J connectivity index is 0.798. The Bertz CT molecular complexity index is 3040. The van der Waals surface area contributed by atoms with Gasteiger partial charge in [-0.2, -0.15) is 5.10 Å². The highest BCUT2D eigenvalue weighted by Gasteiger charge is 2.48. The Labute approximate surface area is 363 Å². The van der Waals surface area contributed by atoms with Crippen LogP contribution in [0, 0.1) is 5.41 Å². The van der Waals surface area contributed by atoms with Crippen molar-refractivity contribution < 1.29 is 32.6 Å². The van der Waals surface area contributed by atoms with Gasteiger partial charge in [-0.05, 0) is 88.0 Å². The van der Waals surface area contributed by atoms with Gasteiger partial charge in [0.2, 0.25) is 5.91 Å². The van der Waals surface area contributed by atoms with Gasteiger partial charge in [-0.1, -0.05) is 103 Å². The van der Waals surface area contributed by atoms with Crippen LogP contribution in [0.2, 0.25) is 0 Å². The van der Waals surface area contributed by atoms with Gasteiger partial charge in [-0.15, -0.1) is 13.2 Å². The quantitative estimate of drug-likeness (QED) is 0.103. The zero-order valence-electron chi connectivity index (χ0n) is 33.7. The molecule has 10 nitrogen and oxygen atoms in total. The maximum absolute atomic E-state index is 13.7. The van der Waals surface area contributed by atoms with Crippen LogP contribution in [0.4, 0.5) is 18.9 Å². The molecule has 0 bridgehead atoms. The molecule has 2 aliphatic rings. The Morgan fingerprint density at radius 1 is 0.810 bits per heavy atom. The predicted octanol–water partition coefficient (Wildman–Crippen LogP) is 9.73. The zero-order chi connectivity index (χ0) is 43.3. The first-order valence-electron chi connectivity index (χ1n) is 20.5. The largest absolute Gasteiger partial charge is 0.573 e. The molecule has 14 heteroatoms. The smallest absolute Gasteiger partial charge is 0.508 e. The van der Waals surface area contributed by atoms with Crippen LogP contribution in [-0.2, 0) is 11.3 Å². The van der Waals surface area contributed by atoms with Crippen LogP contribution in [0.15, 0.2) is 145 Å². The minimum atomic E-state index is -4.95. The van der Waals surface area contributed by atoms with Crippen molar-refractivity contribution in [3.8, 4) is 33.8 Å². The highest BCUT2D eigenvalue weighted by atomic mass is 32.2. The third-order valence-corrected chi connectivity index (χ3v) is 12.8. The number of hydrogen-bond acceptors (Lipinski definition) is 8. The van der Waals surface area contributed by atoms with Crippen LogP contribution in [0.1, 0.15) is 22.5 Å². The van der Waals surface area contributed by atoms with Crippen molar-refractivity contribution in [1.82, 2.24) is 24.8 Å². The molecular weight excluding hydrogens is 826 g/mol. The molecular formula is C49H39F3N6O4S. The molecule has 0 aliphatic carbocycles. The van der Waals surface area contributed by atoms with Crippen molar-refractivity contribution in [3.05, 3.63) is 151 Å². The normalized spacial score (nSPS) is 14.7. The first-order valence-corrected chi connectivity index (χ1v) is 21.5. The first kappa shape index (κ1) is 40.0. The van der Waals surface area contributed by atoms with Crippen LogP contribution in [0.25, 0.3) is 49.4 Å². The van der Waals surface area contributed by atoms with Crippen molar-refractivity contribution in [2.24, 2.45) is 5.41 Å². The van der Waals surface area contributed by atoms with Gasteiger partial charge < -0.3 is 25.0 Å². The molecule has 0 radical (unpaired) electrons. The number of nitrogens with one attached hydrogen (secondary N) is 1. The number of amides is 2. The van der Waals surface area contributed by atoms with Crippen LogP contribution in [-0.4, -0.2) is 74.7 Å². The van der Waals surface area contributed by atoms with Gasteiger partial charge in [-0.25, -0.2) is 9.50 Å². The number of fused-ring (bicyclic) bond motifs is 4. The summed E-state index contributed by atoms with van der Waals surface area (Å²) >= 11 is 1.29. The highest BCUT2D eigenvalue weighted by molar-refractivity contribution is 7.99. The number of carbonyl (C=O) groups is 2. The van der Waals surface area contributed by atoms with Gasteiger partial charge in [0, 0.05) is 42.7 Å². The number of alkyl halides is 3. The van der Waals surface area contributed by atoms with Gasteiger partial charge in [0.25, 0.3) is 5.91 Å². The fraction of sp³-hybridized carbons (Fsp3) is 0.184. The maximum Gasteiger partial charge on any atom is 0.573 e. The number of phenols is 1. The SMILES string of the molecule is O=C(NCc1cc2c3ccccc3nc(SCC(=O)N3CCC4(C3)CN(c3ccc(-c5c(-c6ccccc6)ccc6cc(O)ccc56)cc3)C4)n2n1)c1ccccc1OC(F)(F)F. The number of thioether (sulfide) groups is 1. The number of aromatic hydroxyl groups is 1. The lowest BCUT2D eigenvalue weighted by atomic mass is 9.78. The van der Waals surface area contributed by atoms with E-state index in [0.29, 0.717) is 29.5 Å². The summed E-state index contributed by atoms with van der Waals surface area (Å²) in [6.07, 6.45) is -4.03. The van der Waals surface area contributed by atoms with Crippen molar-refractivity contribution in [2.75, 3.05) is 36.8 Å². The number of ether oxygens (including phenoxy) is 1. The van der Waals surface area contributed by atoms with Gasteiger partial charge >= 0.3 is 6.36 Å². The number of para-hydroxylation sites is 2. The van der Waals surface area contributed by atoms with E-state index in [2.05, 4.69) is 63.5 Å². The minimum Gasteiger partial charge on any atom is -0.508 e. The van der Waals surface area contributed by atoms with E-state index in [1.807, 2.05) is 53.4 Å². The second kappa shape index (κ2) is 16.0. The Kier molecular flexibility index (Phi) is 10.2. The molecule has 316 valence electrons. The van der Waals surface area contributed by atoms with Crippen molar-refractivity contribution in [3.63, 3.8) is 0 Å². The number of nitrogens with zero attached hydrogens (tertiary/aromatic N) is 5. The van der Waals surface area contributed by atoms with Crippen molar-refractivity contribution in [2.45, 2.75) is 24.5 Å². The zero-order valence-corrected chi connectivity index (χ0v) is 34.5. The van der Waals surface area contributed by atoms with E-state index in [0.717, 1.165) is 75.2 Å². The van der Waals surface area contributed by atoms with Gasteiger partial charge in [-0.3, -0.25) is 9.59 Å². The fourth-order valence-electron chi connectivity index (χ4n) is 8.91. The minimum absolute atomic E-state index is 0.0137. The van der Waals surface area contributed by atoms with Gasteiger partial charge in [0.1, 0.15) is 11.5 Å². The number of likely N-dealkylation sites (tertiary alicyclic amines) is 1. The number of aromatic nitrogens is 3.